The molecule has 0 aliphatic rings. The maximum atomic E-state index is 11.0. The van der Waals surface area contributed by atoms with E-state index in [0.29, 0.717) is 21.2 Å². The van der Waals surface area contributed by atoms with Crippen molar-refractivity contribution in [2.24, 2.45) is 0 Å². The van der Waals surface area contributed by atoms with Crippen molar-refractivity contribution in [3.8, 4) is 0 Å². The lowest BCUT2D eigenvalue weighted by Crippen LogP contribution is -2.18. The molecule has 0 spiro atoms. The monoisotopic (exact) mass is 361 g/mol. The number of rotatable bonds is 4. The maximum absolute atomic E-state index is 11.0. The first kappa shape index (κ1) is 14.2. The van der Waals surface area contributed by atoms with Gasteiger partial charge in [-0.1, -0.05) is 11.6 Å². The molecule has 0 aliphatic heterocycles. The number of thiophene rings is 1. The summed E-state index contributed by atoms with van der Waals surface area (Å²) < 4.78 is 1.28. The van der Waals surface area contributed by atoms with Gasteiger partial charge in [-0.3, -0.25) is 10.1 Å². The smallest absolute Gasteiger partial charge is 0.312 e. The molecule has 0 aliphatic carbocycles. The van der Waals surface area contributed by atoms with E-state index in [1.165, 1.54) is 17.4 Å². The first-order valence-electron chi connectivity index (χ1n) is 5.22. The summed E-state index contributed by atoms with van der Waals surface area (Å²) in [7, 11) is 1.76. The Morgan fingerprint density at radius 1 is 1.58 bits per heavy atom. The van der Waals surface area contributed by atoms with E-state index in [1.54, 1.807) is 24.2 Å². The zero-order valence-corrected chi connectivity index (χ0v) is 13.0. The number of hydrogen-bond acceptors (Lipinski definition) is 5. The minimum Gasteiger partial charge on any atom is -0.349 e. The van der Waals surface area contributed by atoms with Gasteiger partial charge in [-0.15, -0.1) is 11.3 Å². The van der Waals surface area contributed by atoms with Gasteiger partial charge < -0.3 is 4.90 Å². The fraction of sp³-hybridized carbons (Fsp3) is 0.182. The molecule has 100 valence electrons. The lowest BCUT2D eigenvalue weighted by Gasteiger charge is -2.16. The minimum atomic E-state index is -0.439. The van der Waals surface area contributed by atoms with Gasteiger partial charge in [0, 0.05) is 28.7 Å². The van der Waals surface area contributed by atoms with Gasteiger partial charge in [-0.05, 0) is 28.1 Å². The highest BCUT2D eigenvalue weighted by Crippen LogP contribution is 2.30. The van der Waals surface area contributed by atoms with Gasteiger partial charge in [0.05, 0.1) is 15.8 Å². The van der Waals surface area contributed by atoms with Crippen molar-refractivity contribution >= 4 is 50.4 Å². The molecule has 0 saturated heterocycles. The molecule has 0 saturated carbocycles. The Kier molecular flexibility index (Phi) is 4.38. The largest absolute Gasteiger partial charge is 0.349 e. The highest BCUT2D eigenvalue weighted by molar-refractivity contribution is 9.10. The number of hydrogen-bond donors (Lipinski definition) is 0. The topological polar surface area (TPSA) is 59.3 Å². The van der Waals surface area contributed by atoms with E-state index >= 15 is 0 Å². The number of pyridine rings is 1. The fourth-order valence-corrected chi connectivity index (χ4v) is 3.06. The van der Waals surface area contributed by atoms with Gasteiger partial charge >= 0.3 is 5.69 Å². The van der Waals surface area contributed by atoms with E-state index < -0.39 is 4.92 Å². The Hall–Kier alpha value is -1.18. The molecule has 8 heteroatoms. The molecule has 19 heavy (non-hydrogen) atoms. The second-order valence-electron chi connectivity index (χ2n) is 3.82. The van der Waals surface area contributed by atoms with Crippen LogP contribution in [0, 0.1) is 10.1 Å². The average molecular weight is 363 g/mol. The van der Waals surface area contributed by atoms with Gasteiger partial charge in [0.2, 0.25) is 5.82 Å². The molecular formula is C11H9BrClN3O2S. The van der Waals surface area contributed by atoms with Crippen LogP contribution in [0.1, 0.15) is 4.88 Å². The standard InChI is InChI=1S/C11H9BrClN3O2S/c1-15(6-8-2-3-10(13)19-8)11-9(16(17)18)4-7(12)5-14-11/h2-5H,6H2,1H3. The number of nitrogens with zero attached hydrogens (tertiary/aromatic N) is 3. The van der Waals surface area contributed by atoms with Crippen molar-refractivity contribution in [1.29, 1.82) is 0 Å². The van der Waals surface area contributed by atoms with Gasteiger partial charge in [0.25, 0.3) is 0 Å². The van der Waals surface area contributed by atoms with E-state index in [-0.39, 0.29) is 5.69 Å². The zero-order chi connectivity index (χ0) is 14.0. The number of aromatic nitrogens is 1. The summed E-state index contributed by atoms with van der Waals surface area (Å²) in [6, 6.07) is 5.15. The summed E-state index contributed by atoms with van der Waals surface area (Å²) in [5.74, 6) is 0.331. The average Bonchev–Trinajstić information content (AvgIpc) is 2.74. The molecule has 2 aromatic heterocycles. The molecule has 0 radical (unpaired) electrons. The van der Waals surface area contributed by atoms with E-state index in [0.717, 1.165) is 4.88 Å². The Balaban J connectivity index is 2.28. The lowest BCUT2D eigenvalue weighted by molar-refractivity contribution is -0.384. The molecular weight excluding hydrogens is 354 g/mol. The Morgan fingerprint density at radius 2 is 2.32 bits per heavy atom. The molecule has 0 amide bonds. The van der Waals surface area contributed by atoms with E-state index in [9.17, 15) is 10.1 Å². The van der Waals surface area contributed by atoms with Gasteiger partial charge in [-0.2, -0.15) is 0 Å². The summed E-state index contributed by atoms with van der Waals surface area (Å²) in [6.45, 7) is 0.521. The first-order chi connectivity index (χ1) is 8.97. The third-order valence-corrected chi connectivity index (χ3v) is 4.04. The van der Waals surface area contributed by atoms with Crippen LogP contribution in [0.4, 0.5) is 11.5 Å². The summed E-state index contributed by atoms with van der Waals surface area (Å²) in [4.78, 5) is 17.5. The van der Waals surface area contributed by atoms with Crippen LogP contribution in [0.15, 0.2) is 28.9 Å². The second kappa shape index (κ2) is 5.85. The summed E-state index contributed by atoms with van der Waals surface area (Å²) >= 11 is 10.5. The number of nitro groups is 1. The molecule has 0 aromatic carbocycles. The third-order valence-electron chi connectivity index (χ3n) is 2.39. The van der Waals surface area contributed by atoms with Gasteiger partial charge in [0.15, 0.2) is 0 Å². The van der Waals surface area contributed by atoms with Crippen LogP contribution < -0.4 is 4.90 Å². The van der Waals surface area contributed by atoms with Crippen LogP contribution >= 0.6 is 38.9 Å². The van der Waals surface area contributed by atoms with Crippen LogP contribution in [0.5, 0.6) is 0 Å². The van der Waals surface area contributed by atoms with Crippen molar-refractivity contribution in [2.75, 3.05) is 11.9 Å². The van der Waals surface area contributed by atoms with Crippen LogP contribution in [0.25, 0.3) is 0 Å². The SMILES string of the molecule is CN(Cc1ccc(Cl)s1)c1ncc(Br)cc1[N+](=O)[O-]. The molecule has 0 atom stereocenters. The molecule has 2 aromatic rings. The summed E-state index contributed by atoms with van der Waals surface area (Å²) in [6.07, 6.45) is 1.54. The Bertz CT molecular complexity index is 620. The van der Waals surface area contributed by atoms with Gasteiger partial charge in [-0.25, -0.2) is 4.98 Å². The minimum absolute atomic E-state index is 0.0282. The third kappa shape index (κ3) is 3.43. The Morgan fingerprint density at radius 3 is 2.89 bits per heavy atom. The number of halogens is 2. The normalized spacial score (nSPS) is 10.5. The molecule has 0 N–H and O–H groups in total. The quantitative estimate of drug-likeness (QED) is 0.607. The van der Waals surface area contributed by atoms with Crippen LogP contribution in [0.3, 0.4) is 0 Å². The predicted molar refractivity (Wildman–Crippen MR) is 80.0 cm³/mol. The summed E-state index contributed by atoms with van der Waals surface area (Å²) in [5.41, 5.74) is -0.0282. The molecule has 0 unspecified atom stereocenters. The maximum Gasteiger partial charge on any atom is 0.312 e. The number of anilines is 1. The highest BCUT2D eigenvalue weighted by Gasteiger charge is 2.19. The predicted octanol–water partition coefficient (Wildman–Crippen LogP) is 4.10. The van der Waals surface area contributed by atoms with E-state index in [2.05, 4.69) is 20.9 Å². The molecule has 0 fully saturated rings. The van der Waals surface area contributed by atoms with Crippen molar-refractivity contribution in [1.82, 2.24) is 4.98 Å². The second-order valence-corrected chi connectivity index (χ2v) is 6.53. The highest BCUT2D eigenvalue weighted by atomic mass is 79.9. The van der Waals surface area contributed by atoms with Crippen LogP contribution in [0.2, 0.25) is 4.34 Å². The van der Waals surface area contributed by atoms with E-state index in [4.69, 9.17) is 11.6 Å². The van der Waals surface area contributed by atoms with Crippen molar-refractivity contribution in [3.63, 3.8) is 0 Å². The molecule has 2 heterocycles. The first-order valence-corrected chi connectivity index (χ1v) is 7.21. The van der Waals surface area contributed by atoms with Crippen molar-refractivity contribution in [3.05, 3.63) is 48.2 Å². The fourth-order valence-electron chi connectivity index (χ4n) is 1.60. The molecule has 2 rings (SSSR count). The van der Waals surface area contributed by atoms with Crippen LogP contribution in [-0.4, -0.2) is 17.0 Å². The van der Waals surface area contributed by atoms with Crippen LogP contribution in [-0.2, 0) is 6.54 Å². The van der Waals surface area contributed by atoms with Crippen molar-refractivity contribution in [2.45, 2.75) is 6.54 Å². The lowest BCUT2D eigenvalue weighted by atomic mass is 10.3. The summed E-state index contributed by atoms with van der Waals surface area (Å²) in [5, 5.41) is 11.0. The van der Waals surface area contributed by atoms with Crippen molar-refractivity contribution < 1.29 is 4.92 Å². The van der Waals surface area contributed by atoms with E-state index in [1.807, 2.05) is 6.07 Å². The van der Waals surface area contributed by atoms with Gasteiger partial charge in [0.1, 0.15) is 0 Å². The zero-order valence-electron chi connectivity index (χ0n) is 9.84. The molecule has 0 bridgehead atoms. The molecule has 5 nitrogen and oxygen atoms in total. The Labute approximate surface area is 127 Å².